The van der Waals surface area contributed by atoms with Gasteiger partial charge in [0.15, 0.2) is 5.82 Å². The Morgan fingerprint density at radius 3 is 2.74 bits per heavy atom. The van der Waals surface area contributed by atoms with Crippen LogP contribution in [0.15, 0.2) is 6.33 Å². The Morgan fingerprint density at radius 2 is 2.11 bits per heavy atom. The van der Waals surface area contributed by atoms with Crippen molar-refractivity contribution in [3.8, 4) is 6.01 Å². The summed E-state index contributed by atoms with van der Waals surface area (Å²) in [5.74, 6) is 6.60. The van der Waals surface area contributed by atoms with Gasteiger partial charge in [0.1, 0.15) is 6.33 Å². The molecule has 0 saturated carbocycles. The number of nitrogen functional groups attached to an aromatic ring is 1. The zero-order valence-corrected chi connectivity index (χ0v) is 10.7. The second-order valence-electron chi connectivity index (χ2n) is 3.55. The second-order valence-corrected chi connectivity index (χ2v) is 3.55. The van der Waals surface area contributed by atoms with E-state index in [1.54, 1.807) is 10.9 Å². The normalized spacial score (nSPS) is 10.3. The highest BCUT2D eigenvalue weighted by atomic mass is 16.5. The standard InChI is InChI=1S/C9H15N9O/c1-3-19-9-14-7(13-8(15-9)16-10)11-4-6-17-12-5-18(6)2/h5H,3-4,10H2,1-2H3,(H2,11,13,14,15,16). The molecule has 10 nitrogen and oxygen atoms in total. The van der Waals surface area contributed by atoms with E-state index in [9.17, 15) is 0 Å². The number of nitrogens with one attached hydrogen (secondary N) is 2. The van der Waals surface area contributed by atoms with E-state index in [2.05, 4.69) is 35.9 Å². The van der Waals surface area contributed by atoms with Crippen LogP contribution in [0, 0.1) is 0 Å². The fourth-order valence-corrected chi connectivity index (χ4v) is 1.32. The van der Waals surface area contributed by atoms with Crippen molar-refractivity contribution >= 4 is 11.9 Å². The topological polar surface area (TPSA) is 129 Å². The Hall–Kier alpha value is -2.49. The van der Waals surface area contributed by atoms with E-state index >= 15 is 0 Å². The molecule has 2 rings (SSSR count). The molecule has 19 heavy (non-hydrogen) atoms. The molecule has 0 aliphatic rings. The average Bonchev–Trinajstić information content (AvgIpc) is 2.82. The summed E-state index contributed by atoms with van der Waals surface area (Å²) in [6.45, 7) is 2.72. The molecule has 0 radical (unpaired) electrons. The van der Waals surface area contributed by atoms with Crippen molar-refractivity contribution in [1.82, 2.24) is 29.7 Å². The minimum atomic E-state index is 0.200. The number of aryl methyl sites for hydroxylation is 1. The fraction of sp³-hybridized carbons (Fsp3) is 0.444. The van der Waals surface area contributed by atoms with Crippen LogP contribution in [0.5, 0.6) is 6.01 Å². The van der Waals surface area contributed by atoms with Crippen LogP contribution in [-0.4, -0.2) is 36.3 Å². The molecule has 0 fully saturated rings. The zero-order chi connectivity index (χ0) is 13.7. The molecule has 102 valence electrons. The van der Waals surface area contributed by atoms with Gasteiger partial charge >= 0.3 is 6.01 Å². The maximum atomic E-state index is 5.29. The van der Waals surface area contributed by atoms with Crippen LogP contribution in [0.1, 0.15) is 12.7 Å². The predicted octanol–water partition coefficient (Wildman–Crippen LogP) is -0.703. The first-order chi connectivity index (χ1) is 9.22. The molecule has 2 aromatic rings. The summed E-state index contributed by atoms with van der Waals surface area (Å²) < 4.78 is 7.01. The molecule has 10 heteroatoms. The third-order valence-corrected chi connectivity index (χ3v) is 2.23. The number of rotatable bonds is 6. The summed E-state index contributed by atoms with van der Waals surface area (Å²) in [5, 5.41) is 10.7. The molecule has 2 aromatic heterocycles. The van der Waals surface area contributed by atoms with Crippen molar-refractivity contribution in [3.05, 3.63) is 12.2 Å². The molecule has 0 aliphatic heterocycles. The maximum Gasteiger partial charge on any atom is 0.323 e. The van der Waals surface area contributed by atoms with E-state index in [0.29, 0.717) is 19.1 Å². The van der Waals surface area contributed by atoms with Crippen LogP contribution >= 0.6 is 0 Å². The van der Waals surface area contributed by atoms with E-state index in [-0.39, 0.29) is 12.0 Å². The highest BCUT2D eigenvalue weighted by Gasteiger charge is 2.07. The zero-order valence-electron chi connectivity index (χ0n) is 10.7. The van der Waals surface area contributed by atoms with Crippen LogP contribution in [0.2, 0.25) is 0 Å². The molecule has 4 N–H and O–H groups in total. The third-order valence-electron chi connectivity index (χ3n) is 2.23. The molecule has 0 amide bonds. The molecule has 0 spiro atoms. The number of anilines is 2. The van der Waals surface area contributed by atoms with Gasteiger partial charge in [0.2, 0.25) is 11.9 Å². The van der Waals surface area contributed by atoms with Crippen molar-refractivity contribution in [1.29, 1.82) is 0 Å². The van der Waals surface area contributed by atoms with Crippen molar-refractivity contribution in [3.63, 3.8) is 0 Å². The molecule has 2 heterocycles. The number of ether oxygens (including phenoxy) is 1. The lowest BCUT2D eigenvalue weighted by Gasteiger charge is -2.08. The third kappa shape index (κ3) is 3.25. The smallest absolute Gasteiger partial charge is 0.323 e. The second kappa shape index (κ2) is 5.91. The largest absolute Gasteiger partial charge is 0.464 e. The van der Waals surface area contributed by atoms with Crippen LogP contribution < -0.4 is 21.3 Å². The first-order valence-electron chi connectivity index (χ1n) is 5.65. The van der Waals surface area contributed by atoms with Gasteiger partial charge in [-0.25, -0.2) is 5.84 Å². The number of nitrogens with zero attached hydrogens (tertiary/aromatic N) is 6. The van der Waals surface area contributed by atoms with E-state index in [1.807, 2.05) is 14.0 Å². The highest BCUT2D eigenvalue weighted by Crippen LogP contribution is 2.10. The lowest BCUT2D eigenvalue weighted by atomic mass is 10.6. The number of hydrogen-bond acceptors (Lipinski definition) is 9. The first-order valence-corrected chi connectivity index (χ1v) is 5.65. The highest BCUT2D eigenvalue weighted by molar-refractivity contribution is 5.34. The minimum absolute atomic E-state index is 0.200. The summed E-state index contributed by atoms with van der Waals surface area (Å²) in [5.41, 5.74) is 2.36. The number of aromatic nitrogens is 6. The van der Waals surface area contributed by atoms with Crippen molar-refractivity contribution < 1.29 is 4.74 Å². The summed E-state index contributed by atoms with van der Waals surface area (Å²) in [7, 11) is 1.85. The van der Waals surface area contributed by atoms with Crippen molar-refractivity contribution in [2.45, 2.75) is 13.5 Å². The maximum absolute atomic E-state index is 5.29. The summed E-state index contributed by atoms with van der Waals surface area (Å²) in [6, 6.07) is 0.200. The molecule has 0 unspecified atom stereocenters. The molecular weight excluding hydrogens is 250 g/mol. The Bertz CT molecular complexity index is 540. The van der Waals surface area contributed by atoms with E-state index in [0.717, 1.165) is 5.82 Å². The summed E-state index contributed by atoms with van der Waals surface area (Å²) >= 11 is 0. The Morgan fingerprint density at radius 1 is 1.32 bits per heavy atom. The minimum Gasteiger partial charge on any atom is -0.464 e. The van der Waals surface area contributed by atoms with Gasteiger partial charge in [-0.3, -0.25) is 5.43 Å². The van der Waals surface area contributed by atoms with Gasteiger partial charge < -0.3 is 14.6 Å². The summed E-state index contributed by atoms with van der Waals surface area (Å²) in [6.07, 6.45) is 1.61. The van der Waals surface area contributed by atoms with Gasteiger partial charge in [-0.2, -0.15) is 15.0 Å². The molecule has 0 bridgehead atoms. The van der Waals surface area contributed by atoms with Gasteiger partial charge in [0, 0.05) is 7.05 Å². The Balaban J connectivity index is 2.10. The van der Waals surface area contributed by atoms with Crippen molar-refractivity contribution in [2.75, 3.05) is 17.3 Å². The summed E-state index contributed by atoms with van der Waals surface area (Å²) in [4.78, 5) is 12.1. The molecule has 0 atom stereocenters. The Kier molecular flexibility index (Phi) is 4.03. The molecule has 0 saturated heterocycles. The molecular formula is C9H15N9O. The number of hydrogen-bond donors (Lipinski definition) is 3. The van der Waals surface area contributed by atoms with Gasteiger partial charge in [-0.15, -0.1) is 10.2 Å². The average molecular weight is 265 g/mol. The molecule has 0 aliphatic carbocycles. The van der Waals surface area contributed by atoms with Crippen molar-refractivity contribution in [2.24, 2.45) is 12.9 Å². The van der Waals surface area contributed by atoms with Crippen LogP contribution in [0.25, 0.3) is 0 Å². The van der Waals surface area contributed by atoms with Crippen LogP contribution in [0.4, 0.5) is 11.9 Å². The fourth-order valence-electron chi connectivity index (χ4n) is 1.32. The predicted molar refractivity (Wildman–Crippen MR) is 67.1 cm³/mol. The lowest BCUT2D eigenvalue weighted by molar-refractivity contribution is 0.312. The van der Waals surface area contributed by atoms with Gasteiger partial charge in [0.25, 0.3) is 0 Å². The Labute approximate surface area is 109 Å². The molecule has 0 aromatic carbocycles. The monoisotopic (exact) mass is 265 g/mol. The van der Waals surface area contributed by atoms with E-state index in [1.165, 1.54) is 0 Å². The van der Waals surface area contributed by atoms with Gasteiger partial charge in [-0.1, -0.05) is 0 Å². The number of nitrogens with two attached hydrogens (primary N) is 1. The van der Waals surface area contributed by atoms with Gasteiger partial charge in [-0.05, 0) is 6.92 Å². The lowest BCUT2D eigenvalue weighted by Crippen LogP contribution is -2.15. The van der Waals surface area contributed by atoms with Crippen LogP contribution in [-0.2, 0) is 13.6 Å². The van der Waals surface area contributed by atoms with Crippen LogP contribution in [0.3, 0.4) is 0 Å². The number of hydrazine groups is 1. The van der Waals surface area contributed by atoms with E-state index in [4.69, 9.17) is 10.6 Å². The quantitative estimate of drug-likeness (QED) is 0.458. The first kappa shape index (κ1) is 13.0. The SMILES string of the molecule is CCOc1nc(NN)nc(NCc2nncn2C)n1. The van der Waals surface area contributed by atoms with Gasteiger partial charge in [0.05, 0.1) is 13.2 Å². The van der Waals surface area contributed by atoms with E-state index < -0.39 is 0 Å².